The molecule has 2 amide bonds. The smallest absolute Gasteiger partial charge is 0.350 e. The van der Waals surface area contributed by atoms with Gasteiger partial charge in [-0.1, -0.05) is 36.8 Å². The molecule has 0 saturated carbocycles. The molecule has 0 radical (unpaired) electrons. The van der Waals surface area contributed by atoms with Crippen molar-refractivity contribution in [1.29, 1.82) is 0 Å². The number of nitrogens with one attached hydrogen (secondary N) is 1. The van der Waals surface area contributed by atoms with E-state index in [1.54, 1.807) is 36.1 Å². The Bertz CT molecular complexity index is 926. The fraction of sp³-hybridized carbons (Fsp3) is 0.400. The highest BCUT2D eigenvalue weighted by Crippen LogP contribution is 2.29. The van der Waals surface area contributed by atoms with Crippen LogP contribution in [0.5, 0.6) is 0 Å². The Balaban J connectivity index is 1.63. The van der Waals surface area contributed by atoms with Gasteiger partial charge in [-0.25, -0.2) is 9.78 Å². The van der Waals surface area contributed by atoms with Crippen LogP contribution in [0.15, 0.2) is 24.3 Å². The molecule has 1 aromatic carbocycles. The molecule has 0 spiro atoms. The summed E-state index contributed by atoms with van der Waals surface area (Å²) in [5.41, 5.74) is 1.21. The zero-order chi connectivity index (χ0) is 21.1. The summed E-state index contributed by atoms with van der Waals surface area (Å²) in [4.78, 5) is 43.3. The van der Waals surface area contributed by atoms with Gasteiger partial charge in [-0.2, -0.15) is 0 Å². The van der Waals surface area contributed by atoms with Crippen molar-refractivity contribution in [1.82, 2.24) is 4.98 Å². The summed E-state index contributed by atoms with van der Waals surface area (Å²) < 4.78 is 5.23. The molecule has 7 nitrogen and oxygen atoms in total. The highest BCUT2D eigenvalue weighted by Gasteiger charge is 2.35. The number of amides is 2. The first-order valence-corrected chi connectivity index (χ1v) is 10.5. The van der Waals surface area contributed by atoms with Crippen LogP contribution in [0.2, 0.25) is 5.02 Å². The summed E-state index contributed by atoms with van der Waals surface area (Å²) in [6.07, 6.45) is 0.113. The molecule has 29 heavy (non-hydrogen) atoms. The van der Waals surface area contributed by atoms with Crippen molar-refractivity contribution >= 4 is 51.5 Å². The lowest BCUT2D eigenvalue weighted by Crippen LogP contribution is -2.28. The second-order valence-electron chi connectivity index (χ2n) is 7.30. The number of ether oxygens (including phenoxy) is 1. The van der Waals surface area contributed by atoms with Gasteiger partial charge in [0, 0.05) is 23.7 Å². The Hall–Kier alpha value is -2.45. The van der Waals surface area contributed by atoms with Crippen molar-refractivity contribution in [3.8, 4) is 0 Å². The lowest BCUT2D eigenvalue weighted by molar-refractivity contribution is -0.122. The van der Waals surface area contributed by atoms with Gasteiger partial charge in [-0.15, -0.1) is 0 Å². The van der Waals surface area contributed by atoms with Crippen LogP contribution in [0.1, 0.15) is 35.6 Å². The van der Waals surface area contributed by atoms with E-state index in [-0.39, 0.29) is 30.7 Å². The van der Waals surface area contributed by atoms with Crippen LogP contribution in [0.3, 0.4) is 0 Å². The molecule has 3 rings (SSSR count). The molecule has 9 heteroatoms. The predicted molar refractivity (Wildman–Crippen MR) is 113 cm³/mol. The van der Waals surface area contributed by atoms with Gasteiger partial charge in [-0.05, 0) is 37.1 Å². The zero-order valence-corrected chi connectivity index (χ0v) is 18.0. The number of hydrogen-bond acceptors (Lipinski definition) is 6. The number of benzene rings is 1. The maximum absolute atomic E-state index is 12.6. The van der Waals surface area contributed by atoms with E-state index < -0.39 is 11.9 Å². The standard InChI is InChI=1S/C20H22ClN3O4S/c1-11(2)10-28-19(27)17-12(3)22-20(29-17)23-18(26)13-8-16(25)24(9-13)15-6-4-14(21)5-7-15/h4-7,11,13H,8-10H2,1-3H3,(H,22,23,26). The molecule has 0 bridgehead atoms. The Morgan fingerprint density at radius 1 is 1.34 bits per heavy atom. The summed E-state index contributed by atoms with van der Waals surface area (Å²) in [6.45, 7) is 6.20. The first-order valence-electron chi connectivity index (χ1n) is 9.26. The molecule has 0 aliphatic carbocycles. The minimum absolute atomic E-state index is 0.113. The Morgan fingerprint density at radius 3 is 2.69 bits per heavy atom. The molecular formula is C20H22ClN3O4S. The fourth-order valence-electron chi connectivity index (χ4n) is 2.91. The molecule has 1 atom stereocenters. The van der Waals surface area contributed by atoms with Gasteiger partial charge in [0.2, 0.25) is 11.8 Å². The third-order valence-electron chi connectivity index (χ3n) is 4.39. The van der Waals surface area contributed by atoms with Crippen LogP contribution in [0.25, 0.3) is 0 Å². The number of nitrogens with zero attached hydrogens (tertiary/aromatic N) is 2. The third-order valence-corrected chi connectivity index (χ3v) is 5.70. The normalized spacial score (nSPS) is 16.4. The highest BCUT2D eigenvalue weighted by molar-refractivity contribution is 7.17. The average Bonchev–Trinajstić information content (AvgIpc) is 3.23. The van der Waals surface area contributed by atoms with Gasteiger partial charge in [0.15, 0.2) is 5.13 Å². The fourth-order valence-corrected chi connectivity index (χ4v) is 3.90. The zero-order valence-electron chi connectivity index (χ0n) is 16.4. The molecule has 2 aromatic rings. The Kier molecular flexibility index (Phi) is 6.54. The molecule has 2 heterocycles. The molecule has 1 aromatic heterocycles. The first-order chi connectivity index (χ1) is 13.7. The van der Waals surface area contributed by atoms with Gasteiger partial charge >= 0.3 is 5.97 Å². The summed E-state index contributed by atoms with van der Waals surface area (Å²) in [5, 5.41) is 3.63. The van der Waals surface area contributed by atoms with Gasteiger partial charge in [0.05, 0.1) is 18.2 Å². The minimum Gasteiger partial charge on any atom is -0.461 e. The second kappa shape index (κ2) is 8.92. The summed E-state index contributed by atoms with van der Waals surface area (Å²) in [7, 11) is 0. The number of rotatable bonds is 6. The molecule has 1 fully saturated rings. The van der Waals surface area contributed by atoms with E-state index in [4.69, 9.17) is 16.3 Å². The number of halogens is 1. The number of hydrogen-bond donors (Lipinski definition) is 1. The largest absolute Gasteiger partial charge is 0.461 e. The summed E-state index contributed by atoms with van der Waals surface area (Å²) in [6, 6.07) is 6.91. The van der Waals surface area contributed by atoms with Crippen molar-refractivity contribution in [3.63, 3.8) is 0 Å². The SMILES string of the molecule is Cc1nc(NC(=O)C2CC(=O)N(c3ccc(Cl)cc3)C2)sc1C(=O)OCC(C)C. The number of carbonyl (C=O) groups is 3. The van der Waals surface area contributed by atoms with Crippen molar-refractivity contribution in [2.24, 2.45) is 11.8 Å². The van der Waals surface area contributed by atoms with Crippen LogP contribution in [-0.4, -0.2) is 35.9 Å². The van der Waals surface area contributed by atoms with E-state index in [1.807, 2.05) is 13.8 Å². The minimum atomic E-state index is -0.501. The van der Waals surface area contributed by atoms with Crippen molar-refractivity contribution in [2.75, 3.05) is 23.4 Å². The number of esters is 1. The molecule has 1 N–H and O–H groups in total. The van der Waals surface area contributed by atoms with Gasteiger partial charge in [0.1, 0.15) is 4.88 Å². The molecule has 1 aliphatic rings. The van der Waals surface area contributed by atoms with E-state index in [2.05, 4.69) is 10.3 Å². The topological polar surface area (TPSA) is 88.6 Å². The van der Waals surface area contributed by atoms with Gasteiger partial charge in [0.25, 0.3) is 0 Å². The van der Waals surface area contributed by atoms with Crippen LogP contribution in [0, 0.1) is 18.8 Å². The van der Waals surface area contributed by atoms with Crippen LogP contribution in [-0.2, 0) is 14.3 Å². The number of aromatic nitrogens is 1. The molecule has 1 saturated heterocycles. The monoisotopic (exact) mass is 435 g/mol. The van der Waals surface area contributed by atoms with Crippen LogP contribution < -0.4 is 10.2 Å². The van der Waals surface area contributed by atoms with Gasteiger partial charge in [-0.3, -0.25) is 9.59 Å². The lowest BCUT2D eigenvalue weighted by Gasteiger charge is -2.16. The van der Waals surface area contributed by atoms with E-state index in [0.717, 1.165) is 11.3 Å². The van der Waals surface area contributed by atoms with Crippen molar-refractivity contribution in [2.45, 2.75) is 27.2 Å². The lowest BCUT2D eigenvalue weighted by atomic mass is 10.1. The van der Waals surface area contributed by atoms with E-state index >= 15 is 0 Å². The van der Waals surface area contributed by atoms with Crippen LogP contribution in [0.4, 0.5) is 10.8 Å². The average molecular weight is 436 g/mol. The third kappa shape index (κ3) is 5.13. The molecule has 1 aliphatic heterocycles. The van der Waals surface area contributed by atoms with Crippen LogP contribution >= 0.6 is 22.9 Å². The Morgan fingerprint density at radius 2 is 2.03 bits per heavy atom. The molecule has 1 unspecified atom stereocenters. The number of anilines is 2. The molecular weight excluding hydrogens is 414 g/mol. The van der Waals surface area contributed by atoms with E-state index in [0.29, 0.717) is 33.0 Å². The Labute approximate surface area is 178 Å². The van der Waals surface area contributed by atoms with E-state index in [9.17, 15) is 14.4 Å². The number of aryl methyl sites for hydroxylation is 1. The van der Waals surface area contributed by atoms with E-state index in [1.165, 1.54) is 0 Å². The van der Waals surface area contributed by atoms with Crippen molar-refractivity contribution < 1.29 is 19.1 Å². The quantitative estimate of drug-likeness (QED) is 0.695. The first kappa shape index (κ1) is 21.3. The maximum Gasteiger partial charge on any atom is 0.350 e. The predicted octanol–water partition coefficient (Wildman–Crippen LogP) is 3.91. The second-order valence-corrected chi connectivity index (χ2v) is 8.73. The summed E-state index contributed by atoms with van der Waals surface area (Å²) in [5.74, 6) is -1.14. The highest BCUT2D eigenvalue weighted by atomic mass is 35.5. The van der Waals surface area contributed by atoms with Crippen molar-refractivity contribution in [3.05, 3.63) is 39.9 Å². The van der Waals surface area contributed by atoms with Gasteiger partial charge < -0.3 is 15.0 Å². The number of thiazole rings is 1. The molecule has 154 valence electrons. The summed E-state index contributed by atoms with van der Waals surface area (Å²) >= 11 is 6.97. The maximum atomic E-state index is 12.6. The number of carbonyl (C=O) groups excluding carboxylic acids is 3.